The lowest BCUT2D eigenvalue weighted by molar-refractivity contribution is 0.195. The van der Waals surface area contributed by atoms with Crippen LogP contribution in [0.3, 0.4) is 0 Å². The molecule has 0 aliphatic heterocycles. The molecule has 1 aromatic carbocycles. The van der Waals surface area contributed by atoms with Gasteiger partial charge in [0.2, 0.25) is 0 Å². The average Bonchev–Trinajstić information content (AvgIpc) is 2.17. The molecule has 0 saturated heterocycles. The molecule has 0 bridgehead atoms. The first kappa shape index (κ1) is 12.0. The van der Waals surface area contributed by atoms with Gasteiger partial charge in [0.1, 0.15) is 5.75 Å². The molecule has 15 heavy (non-hydrogen) atoms. The number of aliphatic hydroxyl groups excluding tert-OH is 1. The number of aliphatic hydroxyl groups is 1. The summed E-state index contributed by atoms with van der Waals surface area (Å²) in [7, 11) is 0. The SMILES string of the molecule is CC(C)Oc1ccccc1C(C)(N)CO. The number of benzene rings is 1. The van der Waals surface area contributed by atoms with E-state index in [-0.39, 0.29) is 12.7 Å². The lowest BCUT2D eigenvalue weighted by Gasteiger charge is -2.25. The minimum Gasteiger partial charge on any atom is -0.491 e. The molecule has 0 aromatic heterocycles. The molecule has 3 N–H and O–H groups in total. The van der Waals surface area contributed by atoms with Gasteiger partial charge in [-0.25, -0.2) is 0 Å². The summed E-state index contributed by atoms with van der Waals surface area (Å²) in [5.74, 6) is 0.742. The smallest absolute Gasteiger partial charge is 0.124 e. The van der Waals surface area contributed by atoms with Gasteiger partial charge in [-0.2, -0.15) is 0 Å². The van der Waals surface area contributed by atoms with Crippen molar-refractivity contribution in [3.63, 3.8) is 0 Å². The fourth-order valence-corrected chi connectivity index (χ4v) is 1.38. The second-order valence-electron chi connectivity index (χ2n) is 4.24. The highest BCUT2D eigenvalue weighted by Gasteiger charge is 2.24. The minimum absolute atomic E-state index is 0.0978. The molecule has 0 aliphatic carbocycles. The van der Waals surface area contributed by atoms with Gasteiger partial charge in [0.05, 0.1) is 18.2 Å². The quantitative estimate of drug-likeness (QED) is 0.792. The zero-order valence-corrected chi connectivity index (χ0v) is 9.53. The number of rotatable bonds is 4. The number of para-hydroxylation sites is 1. The molecule has 0 fully saturated rings. The van der Waals surface area contributed by atoms with E-state index in [1.165, 1.54) is 0 Å². The maximum Gasteiger partial charge on any atom is 0.124 e. The summed E-state index contributed by atoms with van der Waals surface area (Å²) in [6, 6.07) is 7.54. The second kappa shape index (κ2) is 4.64. The summed E-state index contributed by atoms with van der Waals surface area (Å²) in [6.45, 7) is 5.61. The molecule has 0 radical (unpaired) electrons. The molecule has 3 heteroatoms. The predicted molar refractivity (Wildman–Crippen MR) is 60.8 cm³/mol. The van der Waals surface area contributed by atoms with Crippen molar-refractivity contribution in [2.75, 3.05) is 6.61 Å². The first-order valence-electron chi connectivity index (χ1n) is 5.13. The standard InChI is InChI=1S/C12H19NO2/c1-9(2)15-11-7-5-4-6-10(11)12(3,13)8-14/h4-7,9,14H,8,13H2,1-3H3. The molecule has 1 atom stereocenters. The maximum atomic E-state index is 9.23. The van der Waals surface area contributed by atoms with Crippen molar-refractivity contribution in [3.8, 4) is 5.75 Å². The molecule has 0 aliphatic rings. The Morgan fingerprint density at radius 3 is 2.53 bits per heavy atom. The third-order valence-electron chi connectivity index (χ3n) is 2.19. The Kier molecular flexibility index (Phi) is 3.72. The number of ether oxygens (including phenoxy) is 1. The van der Waals surface area contributed by atoms with E-state index in [1.54, 1.807) is 6.92 Å². The van der Waals surface area contributed by atoms with Crippen molar-refractivity contribution in [2.45, 2.75) is 32.4 Å². The van der Waals surface area contributed by atoms with Crippen LogP contribution >= 0.6 is 0 Å². The van der Waals surface area contributed by atoms with Crippen LogP contribution in [0.4, 0.5) is 0 Å². The topological polar surface area (TPSA) is 55.5 Å². The molecule has 1 aromatic rings. The molecule has 84 valence electrons. The zero-order chi connectivity index (χ0) is 11.5. The second-order valence-corrected chi connectivity index (χ2v) is 4.24. The largest absolute Gasteiger partial charge is 0.491 e. The van der Waals surface area contributed by atoms with Gasteiger partial charge in [-0.05, 0) is 26.8 Å². The van der Waals surface area contributed by atoms with Gasteiger partial charge >= 0.3 is 0 Å². The Hall–Kier alpha value is -1.06. The highest BCUT2D eigenvalue weighted by molar-refractivity contribution is 5.38. The van der Waals surface area contributed by atoms with Crippen LogP contribution in [0.1, 0.15) is 26.3 Å². The van der Waals surface area contributed by atoms with Crippen molar-refractivity contribution in [1.82, 2.24) is 0 Å². The van der Waals surface area contributed by atoms with E-state index in [0.717, 1.165) is 11.3 Å². The maximum absolute atomic E-state index is 9.23. The number of nitrogens with two attached hydrogens (primary N) is 1. The average molecular weight is 209 g/mol. The molecule has 0 amide bonds. The van der Waals surface area contributed by atoms with Gasteiger partial charge in [0.25, 0.3) is 0 Å². The lowest BCUT2D eigenvalue weighted by Crippen LogP contribution is -2.37. The number of hydrogen-bond acceptors (Lipinski definition) is 3. The molecule has 0 saturated carbocycles. The van der Waals surface area contributed by atoms with E-state index < -0.39 is 5.54 Å². The normalized spacial score (nSPS) is 15.1. The van der Waals surface area contributed by atoms with Gasteiger partial charge in [-0.15, -0.1) is 0 Å². The van der Waals surface area contributed by atoms with Crippen LogP contribution in [0.25, 0.3) is 0 Å². The molecule has 1 unspecified atom stereocenters. The van der Waals surface area contributed by atoms with Crippen LogP contribution in [0.15, 0.2) is 24.3 Å². The van der Waals surface area contributed by atoms with Crippen LogP contribution in [0.2, 0.25) is 0 Å². The Balaban J connectivity index is 3.06. The van der Waals surface area contributed by atoms with E-state index >= 15 is 0 Å². The van der Waals surface area contributed by atoms with E-state index in [4.69, 9.17) is 10.5 Å². The van der Waals surface area contributed by atoms with Crippen molar-refractivity contribution in [1.29, 1.82) is 0 Å². The van der Waals surface area contributed by atoms with Gasteiger partial charge in [-0.1, -0.05) is 18.2 Å². The van der Waals surface area contributed by atoms with Gasteiger partial charge in [0.15, 0.2) is 0 Å². The predicted octanol–water partition coefficient (Wildman–Crippen LogP) is 1.64. The van der Waals surface area contributed by atoms with Crippen molar-refractivity contribution >= 4 is 0 Å². The molecule has 1 rings (SSSR count). The first-order valence-corrected chi connectivity index (χ1v) is 5.13. The third-order valence-corrected chi connectivity index (χ3v) is 2.19. The molecular formula is C12H19NO2. The Labute approximate surface area is 90.9 Å². The van der Waals surface area contributed by atoms with E-state index in [2.05, 4.69) is 0 Å². The van der Waals surface area contributed by atoms with Gasteiger partial charge in [0, 0.05) is 5.56 Å². The lowest BCUT2D eigenvalue weighted by atomic mass is 9.93. The van der Waals surface area contributed by atoms with Crippen LogP contribution < -0.4 is 10.5 Å². The van der Waals surface area contributed by atoms with E-state index in [0.29, 0.717) is 0 Å². The molecule has 3 nitrogen and oxygen atoms in total. The molecule has 0 heterocycles. The van der Waals surface area contributed by atoms with Crippen LogP contribution in [-0.2, 0) is 5.54 Å². The summed E-state index contributed by atoms with van der Waals surface area (Å²) in [5, 5.41) is 9.23. The highest BCUT2D eigenvalue weighted by atomic mass is 16.5. The third kappa shape index (κ3) is 2.94. The number of hydrogen-bond donors (Lipinski definition) is 2. The van der Waals surface area contributed by atoms with Crippen LogP contribution in [0.5, 0.6) is 5.75 Å². The Bertz CT molecular complexity index is 321. The van der Waals surface area contributed by atoms with Crippen molar-refractivity contribution < 1.29 is 9.84 Å². The highest BCUT2D eigenvalue weighted by Crippen LogP contribution is 2.28. The van der Waals surface area contributed by atoms with E-state index in [9.17, 15) is 5.11 Å². The fraction of sp³-hybridized carbons (Fsp3) is 0.500. The molecule has 0 spiro atoms. The van der Waals surface area contributed by atoms with Gasteiger partial charge < -0.3 is 15.6 Å². The van der Waals surface area contributed by atoms with Crippen LogP contribution in [0, 0.1) is 0 Å². The first-order chi connectivity index (χ1) is 6.97. The monoisotopic (exact) mass is 209 g/mol. The minimum atomic E-state index is -0.758. The van der Waals surface area contributed by atoms with Crippen molar-refractivity contribution in [3.05, 3.63) is 29.8 Å². The fourth-order valence-electron chi connectivity index (χ4n) is 1.38. The van der Waals surface area contributed by atoms with Crippen molar-refractivity contribution in [2.24, 2.45) is 5.73 Å². The summed E-state index contributed by atoms with van der Waals surface area (Å²) >= 11 is 0. The van der Waals surface area contributed by atoms with Gasteiger partial charge in [-0.3, -0.25) is 0 Å². The summed E-state index contributed by atoms with van der Waals surface area (Å²) in [5.41, 5.74) is 6.06. The summed E-state index contributed by atoms with van der Waals surface area (Å²) < 4.78 is 5.64. The zero-order valence-electron chi connectivity index (χ0n) is 9.53. The summed E-state index contributed by atoms with van der Waals surface area (Å²) in [4.78, 5) is 0. The Morgan fingerprint density at radius 1 is 1.40 bits per heavy atom. The summed E-state index contributed by atoms with van der Waals surface area (Å²) in [6.07, 6.45) is 0.0978. The van der Waals surface area contributed by atoms with E-state index in [1.807, 2.05) is 38.1 Å². The van der Waals surface area contributed by atoms with Crippen LogP contribution in [-0.4, -0.2) is 17.8 Å². The Morgan fingerprint density at radius 2 is 2.00 bits per heavy atom. The molecular weight excluding hydrogens is 190 g/mol.